The quantitative estimate of drug-likeness (QED) is 0.814. The minimum Gasteiger partial charge on any atom is -0.465 e. The molecule has 3 N–H and O–H groups in total. The Kier molecular flexibility index (Phi) is 3.73. The number of thiazole rings is 1. The molecule has 6 nitrogen and oxygen atoms in total. The van der Waals surface area contributed by atoms with E-state index in [1.54, 1.807) is 5.51 Å². The second-order valence-corrected chi connectivity index (χ2v) is 4.16. The Labute approximate surface area is 108 Å². The molecule has 0 aliphatic heterocycles. The zero-order chi connectivity index (χ0) is 13.0. The van der Waals surface area contributed by atoms with Crippen molar-refractivity contribution in [2.45, 2.75) is 6.54 Å². The number of nitrogens with one attached hydrogen (secondary N) is 1. The predicted octanol–water partition coefficient (Wildman–Crippen LogP) is 1.52. The van der Waals surface area contributed by atoms with Gasteiger partial charge in [-0.05, 0) is 6.07 Å². The molecule has 2 aromatic rings. The lowest BCUT2D eigenvalue weighted by Crippen LogP contribution is -2.10. The monoisotopic (exact) mass is 264 g/mol. The van der Waals surface area contributed by atoms with Crippen LogP contribution in [0.5, 0.6) is 0 Å². The highest BCUT2D eigenvalue weighted by Crippen LogP contribution is 2.21. The van der Waals surface area contributed by atoms with Gasteiger partial charge >= 0.3 is 5.97 Å². The molecule has 0 bridgehead atoms. The Bertz CT molecular complexity index is 542. The third-order valence-electron chi connectivity index (χ3n) is 2.32. The number of esters is 1. The SMILES string of the molecule is COC(=O)c1ccnc(NCc2cscn2)c1N. The lowest BCUT2D eigenvalue weighted by Gasteiger charge is -2.09. The van der Waals surface area contributed by atoms with Crippen molar-refractivity contribution in [2.24, 2.45) is 0 Å². The Morgan fingerprint density at radius 1 is 1.56 bits per heavy atom. The van der Waals surface area contributed by atoms with E-state index >= 15 is 0 Å². The van der Waals surface area contributed by atoms with Gasteiger partial charge in [-0.2, -0.15) is 0 Å². The van der Waals surface area contributed by atoms with Crippen LogP contribution in [0.1, 0.15) is 16.1 Å². The third kappa shape index (κ3) is 2.57. The summed E-state index contributed by atoms with van der Waals surface area (Å²) in [5.74, 6) is -0.0301. The van der Waals surface area contributed by atoms with Gasteiger partial charge in [-0.25, -0.2) is 14.8 Å². The first-order chi connectivity index (χ1) is 8.72. The van der Waals surface area contributed by atoms with E-state index in [4.69, 9.17) is 5.73 Å². The molecule has 0 fully saturated rings. The molecule has 7 heteroatoms. The van der Waals surface area contributed by atoms with E-state index in [9.17, 15) is 4.79 Å². The molecule has 0 aliphatic carbocycles. The van der Waals surface area contributed by atoms with Crippen molar-refractivity contribution < 1.29 is 9.53 Å². The summed E-state index contributed by atoms with van der Waals surface area (Å²) in [7, 11) is 1.31. The van der Waals surface area contributed by atoms with Crippen molar-refractivity contribution in [3.8, 4) is 0 Å². The minimum atomic E-state index is -0.480. The maximum Gasteiger partial charge on any atom is 0.340 e. The lowest BCUT2D eigenvalue weighted by molar-refractivity contribution is 0.0602. The summed E-state index contributed by atoms with van der Waals surface area (Å²) >= 11 is 1.51. The third-order valence-corrected chi connectivity index (χ3v) is 2.95. The number of nitrogen functional groups attached to an aromatic ring is 1. The van der Waals surface area contributed by atoms with Crippen molar-refractivity contribution in [1.29, 1.82) is 0 Å². The fraction of sp³-hybridized carbons (Fsp3) is 0.182. The molecular weight excluding hydrogens is 252 g/mol. The zero-order valence-corrected chi connectivity index (χ0v) is 10.5. The van der Waals surface area contributed by atoms with Gasteiger partial charge in [0.05, 0.1) is 36.1 Å². The summed E-state index contributed by atoms with van der Waals surface area (Å²) in [6.07, 6.45) is 1.51. The smallest absolute Gasteiger partial charge is 0.340 e. The van der Waals surface area contributed by atoms with Crippen LogP contribution in [0.3, 0.4) is 0 Å². The van der Waals surface area contributed by atoms with Crippen LogP contribution in [0.15, 0.2) is 23.2 Å². The fourth-order valence-corrected chi connectivity index (χ4v) is 1.96. The summed E-state index contributed by atoms with van der Waals surface area (Å²) in [6, 6.07) is 1.52. The highest BCUT2D eigenvalue weighted by atomic mass is 32.1. The molecule has 0 aromatic carbocycles. The lowest BCUT2D eigenvalue weighted by atomic mass is 10.2. The summed E-state index contributed by atoms with van der Waals surface area (Å²) in [6.45, 7) is 0.505. The maximum absolute atomic E-state index is 11.5. The van der Waals surface area contributed by atoms with E-state index in [2.05, 4.69) is 20.0 Å². The van der Waals surface area contributed by atoms with Gasteiger partial charge in [0.25, 0.3) is 0 Å². The Morgan fingerprint density at radius 2 is 2.39 bits per heavy atom. The number of aromatic nitrogens is 2. The number of hydrogen-bond donors (Lipinski definition) is 2. The van der Waals surface area contributed by atoms with Gasteiger partial charge < -0.3 is 15.8 Å². The first-order valence-corrected chi connectivity index (χ1v) is 6.10. The van der Waals surface area contributed by atoms with Crippen LogP contribution in [-0.4, -0.2) is 23.0 Å². The number of rotatable bonds is 4. The number of hydrogen-bond acceptors (Lipinski definition) is 7. The molecule has 0 unspecified atom stereocenters. The van der Waals surface area contributed by atoms with Gasteiger partial charge in [0.1, 0.15) is 5.82 Å². The molecule has 0 atom stereocenters. The average molecular weight is 264 g/mol. The van der Waals surface area contributed by atoms with Gasteiger partial charge in [0.2, 0.25) is 0 Å². The van der Waals surface area contributed by atoms with Crippen molar-refractivity contribution in [2.75, 3.05) is 18.2 Å². The van der Waals surface area contributed by atoms with E-state index in [1.807, 2.05) is 5.38 Å². The number of anilines is 2. The van der Waals surface area contributed by atoms with Gasteiger partial charge in [-0.15, -0.1) is 11.3 Å². The van der Waals surface area contributed by atoms with E-state index in [0.717, 1.165) is 5.69 Å². The summed E-state index contributed by atoms with van der Waals surface area (Å²) in [4.78, 5) is 19.7. The largest absolute Gasteiger partial charge is 0.465 e. The Hall–Kier alpha value is -2.15. The second kappa shape index (κ2) is 5.46. The van der Waals surface area contributed by atoms with Gasteiger partial charge in [-0.3, -0.25) is 0 Å². The van der Waals surface area contributed by atoms with E-state index < -0.39 is 5.97 Å². The van der Waals surface area contributed by atoms with Crippen molar-refractivity contribution in [3.63, 3.8) is 0 Å². The molecular formula is C11H12N4O2S. The Morgan fingerprint density at radius 3 is 3.06 bits per heavy atom. The molecule has 0 saturated heterocycles. The summed E-state index contributed by atoms with van der Waals surface area (Å²) in [5, 5.41) is 4.96. The van der Waals surface area contributed by atoms with Crippen LogP contribution in [-0.2, 0) is 11.3 Å². The molecule has 0 radical (unpaired) electrons. The van der Waals surface area contributed by atoms with E-state index in [0.29, 0.717) is 17.9 Å². The fourth-order valence-electron chi connectivity index (χ4n) is 1.40. The predicted molar refractivity (Wildman–Crippen MR) is 69.4 cm³/mol. The van der Waals surface area contributed by atoms with Crippen LogP contribution in [0.4, 0.5) is 11.5 Å². The van der Waals surface area contributed by atoms with Gasteiger partial charge in [-0.1, -0.05) is 0 Å². The molecule has 0 aliphatic rings. The van der Waals surface area contributed by atoms with Crippen molar-refractivity contribution in [1.82, 2.24) is 9.97 Å². The first-order valence-electron chi connectivity index (χ1n) is 5.16. The number of carbonyl (C=O) groups excluding carboxylic acids is 1. The molecule has 2 heterocycles. The van der Waals surface area contributed by atoms with Crippen LogP contribution < -0.4 is 11.1 Å². The minimum absolute atomic E-state index is 0.277. The molecule has 0 saturated carbocycles. The maximum atomic E-state index is 11.5. The van der Waals surface area contributed by atoms with Crippen LogP contribution in [0.2, 0.25) is 0 Å². The van der Waals surface area contributed by atoms with Crippen molar-refractivity contribution in [3.05, 3.63) is 34.4 Å². The Balaban J connectivity index is 2.16. The topological polar surface area (TPSA) is 90.1 Å². The van der Waals surface area contributed by atoms with Crippen LogP contribution in [0.25, 0.3) is 0 Å². The summed E-state index contributed by atoms with van der Waals surface area (Å²) < 4.78 is 4.64. The van der Waals surface area contributed by atoms with E-state index in [1.165, 1.54) is 30.7 Å². The molecule has 0 spiro atoms. The molecule has 94 valence electrons. The normalized spacial score (nSPS) is 10.1. The molecule has 2 aromatic heterocycles. The number of methoxy groups -OCH3 is 1. The molecule has 2 rings (SSSR count). The number of carbonyl (C=O) groups is 1. The second-order valence-electron chi connectivity index (χ2n) is 3.45. The van der Waals surface area contributed by atoms with Crippen LogP contribution in [0, 0.1) is 0 Å². The number of pyridine rings is 1. The highest BCUT2D eigenvalue weighted by Gasteiger charge is 2.13. The summed E-state index contributed by atoms with van der Waals surface area (Å²) in [5.41, 5.74) is 9.07. The zero-order valence-electron chi connectivity index (χ0n) is 9.71. The van der Waals surface area contributed by atoms with E-state index in [-0.39, 0.29) is 5.69 Å². The van der Waals surface area contributed by atoms with Crippen LogP contribution >= 0.6 is 11.3 Å². The molecule has 0 amide bonds. The standard InChI is InChI=1S/C11H12N4O2S/c1-17-11(16)8-2-3-13-10(9(8)12)14-4-7-5-18-6-15-7/h2-3,5-6H,4,12H2,1H3,(H,13,14). The number of nitrogens with zero attached hydrogens (tertiary/aromatic N) is 2. The highest BCUT2D eigenvalue weighted by molar-refractivity contribution is 7.07. The number of ether oxygens (including phenoxy) is 1. The van der Waals surface area contributed by atoms with Gasteiger partial charge in [0.15, 0.2) is 0 Å². The number of nitrogens with two attached hydrogens (primary N) is 1. The average Bonchev–Trinajstić information content (AvgIpc) is 2.90. The first kappa shape index (κ1) is 12.3. The van der Waals surface area contributed by atoms with Crippen molar-refractivity contribution >= 4 is 28.8 Å². The molecule has 18 heavy (non-hydrogen) atoms. The van der Waals surface area contributed by atoms with Gasteiger partial charge in [0, 0.05) is 11.6 Å².